The molecule has 0 spiro atoms. The van der Waals surface area contributed by atoms with E-state index < -0.39 is 0 Å². The maximum absolute atomic E-state index is 13.4. The summed E-state index contributed by atoms with van der Waals surface area (Å²) in [5, 5.41) is 0. The Balaban J connectivity index is 1.42. The van der Waals surface area contributed by atoms with Crippen molar-refractivity contribution in [2.45, 2.75) is 39.2 Å². The molecule has 0 atom stereocenters. The summed E-state index contributed by atoms with van der Waals surface area (Å²) in [5.41, 5.74) is 3.73. The lowest BCUT2D eigenvalue weighted by molar-refractivity contribution is -0.130. The molecule has 2 aromatic rings. The minimum atomic E-state index is 0.0293. The lowest BCUT2D eigenvalue weighted by atomic mass is 9.89. The van der Waals surface area contributed by atoms with Crippen molar-refractivity contribution < 1.29 is 19.1 Å². The van der Waals surface area contributed by atoms with E-state index in [-0.39, 0.29) is 17.7 Å². The summed E-state index contributed by atoms with van der Waals surface area (Å²) >= 11 is 0. The highest BCUT2D eigenvalue weighted by Gasteiger charge is 2.29. The quantitative estimate of drug-likeness (QED) is 0.633. The van der Waals surface area contributed by atoms with Gasteiger partial charge >= 0.3 is 0 Å². The fourth-order valence-electron chi connectivity index (χ4n) is 5.04. The van der Waals surface area contributed by atoms with Gasteiger partial charge in [0, 0.05) is 57.3 Å². The molecular formula is C27H36N4O4. The number of carbonyl (C=O) groups is 2. The zero-order valence-electron chi connectivity index (χ0n) is 21.2. The Labute approximate surface area is 207 Å². The predicted octanol–water partition coefficient (Wildman–Crippen LogP) is 3.09. The number of methoxy groups -OCH3 is 2. The van der Waals surface area contributed by atoms with Gasteiger partial charge in [-0.25, -0.2) is 0 Å². The van der Waals surface area contributed by atoms with E-state index in [0.29, 0.717) is 31.7 Å². The zero-order valence-corrected chi connectivity index (χ0v) is 21.2. The Hall–Kier alpha value is -3.13. The van der Waals surface area contributed by atoms with Crippen molar-refractivity contribution in [1.82, 2.24) is 19.7 Å². The van der Waals surface area contributed by atoms with E-state index in [1.54, 1.807) is 26.0 Å². The molecule has 2 aliphatic rings. The number of carbonyl (C=O) groups excluding carboxylic acids is 2. The number of ether oxygens (including phenoxy) is 2. The highest BCUT2D eigenvalue weighted by molar-refractivity contribution is 5.95. The summed E-state index contributed by atoms with van der Waals surface area (Å²) in [6.07, 6.45) is 1.91. The third kappa shape index (κ3) is 5.93. The van der Waals surface area contributed by atoms with Gasteiger partial charge in [-0.05, 0) is 62.7 Å². The first-order valence-electron chi connectivity index (χ1n) is 12.3. The highest BCUT2D eigenvalue weighted by atomic mass is 16.5. The Morgan fingerprint density at radius 3 is 2.09 bits per heavy atom. The summed E-state index contributed by atoms with van der Waals surface area (Å²) in [4.78, 5) is 36.0. The van der Waals surface area contributed by atoms with Crippen LogP contribution in [0.2, 0.25) is 0 Å². The van der Waals surface area contributed by atoms with Gasteiger partial charge in [-0.2, -0.15) is 0 Å². The van der Waals surface area contributed by atoms with Gasteiger partial charge in [-0.3, -0.25) is 19.5 Å². The van der Waals surface area contributed by atoms with Gasteiger partial charge in [0.15, 0.2) is 0 Å². The molecule has 8 heteroatoms. The van der Waals surface area contributed by atoms with Crippen molar-refractivity contribution in [1.29, 1.82) is 0 Å². The predicted molar refractivity (Wildman–Crippen MR) is 134 cm³/mol. The van der Waals surface area contributed by atoms with E-state index in [2.05, 4.69) is 17.0 Å². The number of rotatable bonds is 6. The fourth-order valence-corrected chi connectivity index (χ4v) is 5.04. The van der Waals surface area contributed by atoms with Crippen LogP contribution in [-0.4, -0.2) is 85.0 Å². The van der Waals surface area contributed by atoms with Gasteiger partial charge in [0.05, 0.1) is 25.5 Å². The van der Waals surface area contributed by atoms with Crippen LogP contribution in [0.4, 0.5) is 0 Å². The Morgan fingerprint density at radius 1 is 0.914 bits per heavy atom. The molecule has 1 aromatic carbocycles. The van der Waals surface area contributed by atoms with Gasteiger partial charge < -0.3 is 19.3 Å². The Kier molecular flexibility index (Phi) is 7.90. The molecule has 0 radical (unpaired) electrons. The number of aromatic nitrogens is 1. The second kappa shape index (κ2) is 11.1. The number of hydrogen-bond donors (Lipinski definition) is 0. The molecule has 0 bridgehead atoms. The number of pyridine rings is 1. The summed E-state index contributed by atoms with van der Waals surface area (Å²) in [7, 11) is 3.34. The van der Waals surface area contributed by atoms with Gasteiger partial charge in [-0.15, -0.1) is 0 Å². The van der Waals surface area contributed by atoms with Gasteiger partial charge in [0.1, 0.15) is 11.5 Å². The summed E-state index contributed by atoms with van der Waals surface area (Å²) < 4.78 is 10.8. The first kappa shape index (κ1) is 25.0. The standard InChI is InChI=1S/C27H36N4O4/c1-19-5-6-25(27(33)31-13-11-30(12-14-31)20(2)32)26(28-19)22-7-9-29(10-8-22)18-21-15-23(34-3)17-24(16-21)35-4/h5-6,15-17,22H,7-14,18H2,1-4H3. The number of likely N-dealkylation sites (tertiary alicyclic amines) is 1. The largest absolute Gasteiger partial charge is 0.497 e. The third-order valence-electron chi connectivity index (χ3n) is 7.10. The number of aryl methyl sites for hydroxylation is 1. The van der Waals surface area contributed by atoms with Crippen LogP contribution in [0, 0.1) is 6.92 Å². The van der Waals surface area contributed by atoms with E-state index in [0.717, 1.165) is 60.9 Å². The van der Waals surface area contributed by atoms with Crippen LogP contribution in [0.25, 0.3) is 0 Å². The molecule has 188 valence electrons. The molecule has 35 heavy (non-hydrogen) atoms. The van der Waals surface area contributed by atoms with Crippen LogP contribution < -0.4 is 9.47 Å². The molecule has 0 aliphatic carbocycles. The Morgan fingerprint density at radius 2 is 1.51 bits per heavy atom. The number of nitrogens with zero attached hydrogens (tertiary/aromatic N) is 4. The van der Waals surface area contributed by atoms with E-state index >= 15 is 0 Å². The highest BCUT2D eigenvalue weighted by Crippen LogP contribution is 2.31. The SMILES string of the molecule is COc1cc(CN2CCC(c3nc(C)ccc3C(=O)N3CCN(C(C)=O)CC3)CC2)cc(OC)c1. The lowest BCUT2D eigenvalue weighted by Crippen LogP contribution is -2.50. The molecular weight excluding hydrogens is 444 g/mol. The van der Waals surface area contributed by atoms with Crippen LogP contribution in [0.3, 0.4) is 0 Å². The molecule has 2 fully saturated rings. The van der Waals surface area contributed by atoms with E-state index in [9.17, 15) is 9.59 Å². The Bertz CT molecular complexity index is 1030. The van der Waals surface area contributed by atoms with Crippen LogP contribution in [0.15, 0.2) is 30.3 Å². The van der Waals surface area contributed by atoms with Crippen molar-refractivity contribution in [3.63, 3.8) is 0 Å². The summed E-state index contributed by atoms with van der Waals surface area (Å²) in [6.45, 7) is 8.56. The van der Waals surface area contributed by atoms with Gasteiger partial charge in [-0.1, -0.05) is 0 Å². The van der Waals surface area contributed by atoms with Crippen molar-refractivity contribution in [3.8, 4) is 11.5 Å². The molecule has 2 aliphatic heterocycles. The van der Waals surface area contributed by atoms with E-state index in [4.69, 9.17) is 14.5 Å². The van der Waals surface area contributed by atoms with Crippen LogP contribution in [-0.2, 0) is 11.3 Å². The second-order valence-corrected chi connectivity index (χ2v) is 9.46. The zero-order chi connectivity index (χ0) is 24.9. The molecule has 2 saturated heterocycles. The summed E-state index contributed by atoms with van der Waals surface area (Å²) in [5.74, 6) is 1.94. The van der Waals surface area contributed by atoms with Crippen LogP contribution in [0.5, 0.6) is 11.5 Å². The fraction of sp³-hybridized carbons (Fsp3) is 0.519. The minimum absolute atomic E-state index is 0.0293. The molecule has 8 nitrogen and oxygen atoms in total. The maximum atomic E-state index is 13.4. The number of piperidine rings is 1. The molecule has 0 unspecified atom stereocenters. The molecule has 1 aromatic heterocycles. The van der Waals surface area contributed by atoms with Crippen molar-refractivity contribution >= 4 is 11.8 Å². The molecule has 4 rings (SSSR count). The topological polar surface area (TPSA) is 75.2 Å². The molecule has 0 N–H and O–H groups in total. The first-order chi connectivity index (χ1) is 16.9. The molecule has 0 saturated carbocycles. The lowest BCUT2D eigenvalue weighted by Gasteiger charge is -2.35. The third-order valence-corrected chi connectivity index (χ3v) is 7.10. The monoisotopic (exact) mass is 480 g/mol. The van der Waals surface area contributed by atoms with Gasteiger partial charge in [0.25, 0.3) is 5.91 Å². The van der Waals surface area contributed by atoms with E-state index in [1.165, 1.54) is 0 Å². The van der Waals surface area contributed by atoms with E-state index in [1.807, 2.05) is 30.0 Å². The second-order valence-electron chi connectivity index (χ2n) is 9.46. The van der Waals surface area contributed by atoms with Crippen LogP contribution >= 0.6 is 0 Å². The van der Waals surface area contributed by atoms with Crippen molar-refractivity contribution in [3.05, 3.63) is 52.8 Å². The minimum Gasteiger partial charge on any atom is -0.497 e. The molecule has 2 amide bonds. The van der Waals surface area contributed by atoms with Crippen LogP contribution in [0.1, 0.15) is 53.0 Å². The average Bonchev–Trinajstić information content (AvgIpc) is 2.88. The van der Waals surface area contributed by atoms with Crippen molar-refractivity contribution in [2.75, 3.05) is 53.5 Å². The number of hydrogen-bond acceptors (Lipinski definition) is 6. The number of benzene rings is 1. The normalized spacial score (nSPS) is 17.4. The van der Waals surface area contributed by atoms with Crippen molar-refractivity contribution in [2.24, 2.45) is 0 Å². The average molecular weight is 481 g/mol. The number of amides is 2. The van der Waals surface area contributed by atoms with Gasteiger partial charge in [0.2, 0.25) is 5.91 Å². The maximum Gasteiger partial charge on any atom is 0.255 e. The smallest absolute Gasteiger partial charge is 0.255 e. The first-order valence-corrected chi connectivity index (χ1v) is 12.3. The summed E-state index contributed by atoms with van der Waals surface area (Å²) in [6, 6.07) is 9.86. The molecule has 3 heterocycles. The number of piperazine rings is 1.